The number of hydrazone groups is 1. The van der Waals surface area contributed by atoms with E-state index in [1.54, 1.807) is 6.21 Å². The van der Waals surface area contributed by atoms with Crippen LogP contribution in [0, 0.1) is 0 Å². The summed E-state index contributed by atoms with van der Waals surface area (Å²) in [5.74, 6) is -0.288. The highest BCUT2D eigenvalue weighted by atomic mass is 79.9. The standard InChI is InChI=1S/C13H13BrN4OS/c1-2-10-11(20-13(15)17-10)12(19)18-16-7-8-3-5-9(14)6-4-8/h3-7H,2H2,1H3,(H2,15,17)(H,18,19)/b16-7-. The summed E-state index contributed by atoms with van der Waals surface area (Å²) in [4.78, 5) is 16.6. The Kier molecular flexibility index (Phi) is 4.86. The van der Waals surface area contributed by atoms with Crippen molar-refractivity contribution in [2.75, 3.05) is 5.73 Å². The summed E-state index contributed by atoms with van der Waals surface area (Å²) < 4.78 is 0.992. The van der Waals surface area contributed by atoms with Gasteiger partial charge in [-0.3, -0.25) is 4.79 Å². The van der Waals surface area contributed by atoms with Crippen LogP contribution in [0.3, 0.4) is 0 Å². The first kappa shape index (κ1) is 14.7. The average molecular weight is 353 g/mol. The molecule has 0 aliphatic carbocycles. The maximum absolute atomic E-state index is 12.0. The number of amides is 1. The zero-order valence-corrected chi connectivity index (χ0v) is 13.2. The first-order valence-corrected chi connectivity index (χ1v) is 7.55. The van der Waals surface area contributed by atoms with E-state index < -0.39 is 0 Å². The second kappa shape index (κ2) is 6.62. The molecule has 5 nitrogen and oxygen atoms in total. The smallest absolute Gasteiger partial charge is 0.283 e. The number of hydrogen-bond donors (Lipinski definition) is 2. The van der Waals surface area contributed by atoms with Gasteiger partial charge in [-0.1, -0.05) is 46.3 Å². The molecule has 0 spiro atoms. The van der Waals surface area contributed by atoms with Crippen LogP contribution in [0.1, 0.15) is 27.9 Å². The van der Waals surface area contributed by atoms with E-state index in [1.165, 1.54) is 11.3 Å². The highest BCUT2D eigenvalue weighted by Crippen LogP contribution is 2.20. The molecule has 0 radical (unpaired) electrons. The molecule has 1 amide bonds. The van der Waals surface area contributed by atoms with Gasteiger partial charge in [-0.25, -0.2) is 10.4 Å². The Morgan fingerprint density at radius 1 is 1.50 bits per heavy atom. The Hall–Kier alpha value is -1.73. The Morgan fingerprint density at radius 2 is 2.20 bits per heavy atom. The molecule has 0 unspecified atom stereocenters. The van der Waals surface area contributed by atoms with E-state index in [0.717, 1.165) is 10.0 Å². The van der Waals surface area contributed by atoms with E-state index in [4.69, 9.17) is 5.73 Å². The highest BCUT2D eigenvalue weighted by Gasteiger charge is 2.15. The third kappa shape index (κ3) is 3.64. The number of nitrogens with one attached hydrogen (secondary N) is 1. The minimum absolute atomic E-state index is 0.288. The van der Waals surface area contributed by atoms with Crippen molar-refractivity contribution in [3.63, 3.8) is 0 Å². The second-order valence-electron chi connectivity index (χ2n) is 3.93. The maximum atomic E-state index is 12.0. The number of nitrogens with zero attached hydrogens (tertiary/aromatic N) is 2. The molecule has 7 heteroatoms. The molecule has 0 saturated carbocycles. The number of hydrogen-bond acceptors (Lipinski definition) is 5. The van der Waals surface area contributed by atoms with Gasteiger partial charge in [-0.2, -0.15) is 5.10 Å². The summed E-state index contributed by atoms with van der Waals surface area (Å²) in [5, 5.41) is 4.32. The lowest BCUT2D eigenvalue weighted by atomic mass is 10.2. The first-order chi connectivity index (χ1) is 9.60. The van der Waals surface area contributed by atoms with Crippen LogP contribution in [0.15, 0.2) is 33.8 Å². The van der Waals surface area contributed by atoms with Gasteiger partial charge in [0, 0.05) is 4.47 Å². The lowest BCUT2D eigenvalue weighted by molar-refractivity contribution is 0.0958. The molecule has 0 atom stereocenters. The maximum Gasteiger partial charge on any atom is 0.283 e. The summed E-state index contributed by atoms with van der Waals surface area (Å²) in [5.41, 5.74) is 9.69. The predicted octanol–water partition coefficient (Wildman–Crippen LogP) is 2.81. The normalized spacial score (nSPS) is 10.9. The second-order valence-corrected chi connectivity index (χ2v) is 5.88. The number of benzene rings is 1. The van der Waals surface area contributed by atoms with Crippen molar-refractivity contribution in [3.8, 4) is 0 Å². The zero-order chi connectivity index (χ0) is 14.5. The topological polar surface area (TPSA) is 80.4 Å². The van der Waals surface area contributed by atoms with Gasteiger partial charge in [0.2, 0.25) is 0 Å². The summed E-state index contributed by atoms with van der Waals surface area (Å²) in [6.07, 6.45) is 2.24. The van der Waals surface area contributed by atoms with Crippen molar-refractivity contribution >= 4 is 44.5 Å². The molecule has 0 bridgehead atoms. The summed E-state index contributed by atoms with van der Waals surface area (Å²) >= 11 is 4.52. The fourth-order valence-corrected chi connectivity index (χ4v) is 2.63. The summed E-state index contributed by atoms with van der Waals surface area (Å²) in [6, 6.07) is 7.59. The zero-order valence-electron chi connectivity index (χ0n) is 10.8. The van der Waals surface area contributed by atoms with Gasteiger partial charge in [0.25, 0.3) is 5.91 Å². The molecular formula is C13H13BrN4OS. The number of thiazole rings is 1. The van der Waals surface area contributed by atoms with E-state index >= 15 is 0 Å². The van der Waals surface area contributed by atoms with Crippen LogP contribution in [-0.2, 0) is 6.42 Å². The van der Waals surface area contributed by atoms with Crippen molar-refractivity contribution in [1.29, 1.82) is 0 Å². The summed E-state index contributed by atoms with van der Waals surface area (Å²) in [6.45, 7) is 1.93. The Labute approximate surface area is 129 Å². The molecule has 1 aromatic carbocycles. The molecule has 1 heterocycles. The molecule has 0 aliphatic heterocycles. The van der Waals surface area contributed by atoms with Crippen molar-refractivity contribution in [1.82, 2.24) is 10.4 Å². The lowest BCUT2D eigenvalue weighted by Crippen LogP contribution is -2.17. The third-order valence-corrected chi connectivity index (χ3v) is 3.96. The average Bonchev–Trinajstić information content (AvgIpc) is 2.82. The molecule has 20 heavy (non-hydrogen) atoms. The van der Waals surface area contributed by atoms with Crippen molar-refractivity contribution in [2.24, 2.45) is 5.10 Å². The van der Waals surface area contributed by atoms with Crippen LogP contribution < -0.4 is 11.2 Å². The number of aromatic nitrogens is 1. The van der Waals surface area contributed by atoms with Gasteiger partial charge in [-0.15, -0.1) is 0 Å². The molecule has 0 saturated heterocycles. The molecule has 1 aromatic heterocycles. The number of carbonyl (C=O) groups excluding carboxylic acids is 1. The van der Waals surface area contributed by atoms with Crippen LogP contribution in [0.25, 0.3) is 0 Å². The number of nitrogens with two attached hydrogens (primary N) is 1. The largest absolute Gasteiger partial charge is 0.375 e. The Morgan fingerprint density at radius 3 is 2.85 bits per heavy atom. The number of nitrogen functional groups attached to an aromatic ring is 1. The fraction of sp³-hybridized carbons (Fsp3) is 0.154. The van der Waals surface area contributed by atoms with Crippen LogP contribution >= 0.6 is 27.3 Å². The van der Waals surface area contributed by atoms with Crippen molar-refractivity contribution in [2.45, 2.75) is 13.3 Å². The van der Waals surface area contributed by atoms with Crippen LogP contribution in [0.4, 0.5) is 5.13 Å². The van der Waals surface area contributed by atoms with Gasteiger partial charge >= 0.3 is 0 Å². The molecule has 0 fully saturated rings. The van der Waals surface area contributed by atoms with Crippen molar-refractivity contribution in [3.05, 3.63) is 44.9 Å². The van der Waals surface area contributed by atoms with Crippen LogP contribution in [-0.4, -0.2) is 17.1 Å². The van der Waals surface area contributed by atoms with Crippen LogP contribution in [0.5, 0.6) is 0 Å². The third-order valence-electron chi connectivity index (χ3n) is 2.50. The number of carbonyl (C=O) groups is 1. The summed E-state index contributed by atoms with van der Waals surface area (Å²) in [7, 11) is 0. The number of anilines is 1. The van der Waals surface area contributed by atoms with Gasteiger partial charge in [0.1, 0.15) is 4.88 Å². The minimum Gasteiger partial charge on any atom is -0.375 e. The monoisotopic (exact) mass is 352 g/mol. The molecule has 3 N–H and O–H groups in total. The molecule has 2 aromatic rings. The van der Waals surface area contributed by atoms with Crippen LogP contribution in [0.2, 0.25) is 0 Å². The van der Waals surface area contributed by atoms with E-state index in [0.29, 0.717) is 22.1 Å². The van der Waals surface area contributed by atoms with E-state index in [9.17, 15) is 4.79 Å². The molecule has 104 valence electrons. The predicted molar refractivity (Wildman–Crippen MR) is 85.1 cm³/mol. The van der Waals surface area contributed by atoms with E-state index in [1.807, 2.05) is 31.2 Å². The van der Waals surface area contributed by atoms with Gasteiger partial charge in [-0.05, 0) is 24.1 Å². The van der Waals surface area contributed by atoms with Crippen molar-refractivity contribution < 1.29 is 4.79 Å². The number of halogens is 1. The fourth-order valence-electron chi connectivity index (χ4n) is 1.55. The SMILES string of the molecule is CCc1nc(N)sc1C(=O)N/N=C\c1ccc(Br)cc1. The van der Waals surface area contributed by atoms with Gasteiger partial charge in [0.05, 0.1) is 11.9 Å². The molecule has 0 aliphatic rings. The van der Waals surface area contributed by atoms with E-state index in [2.05, 4.69) is 31.4 Å². The van der Waals surface area contributed by atoms with Gasteiger partial charge in [0.15, 0.2) is 5.13 Å². The first-order valence-electron chi connectivity index (χ1n) is 5.94. The Bertz CT molecular complexity index is 636. The quantitative estimate of drug-likeness (QED) is 0.655. The Balaban J connectivity index is 2.03. The minimum atomic E-state index is -0.288. The molecule has 2 rings (SSSR count). The van der Waals surface area contributed by atoms with Gasteiger partial charge < -0.3 is 5.73 Å². The highest BCUT2D eigenvalue weighted by molar-refractivity contribution is 9.10. The number of rotatable bonds is 4. The molecular weight excluding hydrogens is 340 g/mol. The van der Waals surface area contributed by atoms with E-state index in [-0.39, 0.29) is 5.91 Å². The number of aryl methyl sites for hydroxylation is 1. The lowest BCUT2D eigenvalue weighted by Gasteiger charge is -1.98.